The lowest BCUT2D eigenvalue weighted by molar-refractivity contribution is 0.152. The minimum Gasteiger partial charge on any atom is -0.448 e. The van der Waals surface area contributed by atoms with E-state index in [1.165, 1.54) is 32.1 Å². The lowest BCUT2D eigenvalue weighted by atomic mass is 9.83. The van der Waals surface area contributed by atoms with Crippen LogP contribution in [0.1, 0.15) is 39.0 Å². The number of hydrogen-bond donors (Lipinski definition) is 2. The number of hydrogen-bond acceptors (Lipinski definition) is 3. The van der Waals surface area contributed by atoms with E-state index in [0.29, 0.717) is 19.2 Å². The third-order valence-electron chi connectivity index (χ3n) is 3.19. The molecule has 4 nitrogen and oxygen atoms in total. The molecule has 0 spiro atoms. The number of amides is 1. The first-order chi connectivity index (χ1) is 7.24. The van der Waals surface area contributed by atoms with E-state index in [-0.39, 0.29) is 0 Å². The molecule has 0 bridgehead atoms. The smallest absolute Gasteiger partial charge is 0.404 e. The molecule has 0 heterocycles. The first kappa shape index (κ1) is 12.3. The molecule has 88 valence electrons. The van der Waals surface area contributed by atoms with Gasteiger partial charge in [0.1, 0.15) is 6.61 Å². The van der Waals surface area contributed by atoms with Crippen LogP contribution in [0, 0.1) is 5.92 Å². The summed E-state index contributed by atoms with van der Waals surface area (Å²) < 4.78 is 4.68. The van der Waals surface area contributed by atoms with Crippen LogP contribution < -0.4 is 11.1 Å². The molecule has 0 aliphatic heterocycles. The molecular formula is C11H22N2O2. The number of primary amides is 1. The molecule has 0 radical (unpaired) electrons. The molecule has 4 heteroatoms. The van der Waals surface area contributed by atoms with Gasteiger partial charge in [-0.1, -0.05) is 26.2 Å². The molecule has 1 aliphatic rings. The van der Waals surface area contributed by atoms with E-state index < -0.39 is 6.09 Å². The highest BCUT2D eigenvalue weighted by molar-refractivity contribution is 5.64. The van der Waals surface area contributed by atoms with Crippen molar-refractivity contribution in [3.05, 3.63) is 0 Å². The van der Waals surface area contributed by atoms with Gasteiger partial charge in [-0.15, -0.1) is 0 Å². The van der Waals surface area contributed by atoms with Gasteiger partial charge >= 0.3 is 6.09 Å². The van der Waals surface area contributed by atoms with Crippen LogP contribution in [-0.2, 0) is 4.74 Å². The Morgan fingerprint density at radius 3 is 2.87 bits per heavy atom. The van der Waals surface area contributed by atoms with Crippen LogP contribution >= 0.6 is 0 Å². The summed E-state index contributed by atoms with van der Waals surface area (Å²) in [6.07, 6.45) is 5.78. The Balaban J connectivity index is 2.15. The van der Waals surface area contributed by atoms with Crippen LogP contribution in [0.5, 0.6) is 0 Å². The summed E-state index contributed by atoms with van der Waals surface area (Å²) >= 11 is 0. The van der Waals surface area contributed by atoms with E-state index in [4.69, 9.17) is 5.73 Å². The summed E-state index contributed by atoms with van der Waals surface area (Å²) in [5, 5.41) is 3.45. The number of ether oxygens (including phenoxy) is 1. The highest BCUT2D eigenvalue weighted by Crippen LogP contribution is 2.26. The Bertz CT molecular complexity index is 197. The average molecular weight is 214 g/mol. The van der Waals surface area contributed by atoms with E-state index in [1.54, 1.807) is 0 Å². The number of carbonyl (C=O) groups is 1. The Morgan fingerprint density at radius 1 is 1.47 bits per heavy atom. The average Bonchev–Trinajstić information content (AvgIpc) is 2.24. The standard InChI is InChI=1S/C11H22N2O2/c1-2-9-5-3-4-6-10(9)13-7-8-15-11(12)14/h9-10,13H,2-8H2,1H3,(H2,12,14). The van der Waals surface area contributed by atoms with Crippen molar-refractivity contribution in [1.29, 1.82) is 0 Å². The van der Waals surface area contributed by atoms with Crippen molar-refractivity contribution >= 4 is 6.09 Å². The summed E-state index contributed by atoms with van der Waals surface area (Å²) in [5.74, 6) is 0.785. The zero-order valence-electron chi connectivity index (χ0n) is 9.50. The van der Waals surface area contributed by atoms with Crippen molar-refractivity contribution in [2.24, 2.45) is 11.7 Å². The van der Waals surface area contributed by atoms with Gasteiger partial charge in [-0.25, -0.2) is 4.79 Å². The van der Waals surface area contributed by atoms with E-state index in [0.717, 1.165) is 5.92 Å². The molecule has 1 saturated carbocycles. The van der Waals surface area contributed by atoms with Crippen molar-refractivity contribution in [2.45, 2.75) is 45.1 Å². The molecule has 1 aliphatic carbocycles. The molecule has 15 heavy (non-hydrogen) atoms. The Labute approximate surface area is 91.5 Å². The van der Waals surface area contributed by atoms with Gasteiger partial charge in [-0.2, -0.15) is 0 Å². The van der Waals surface area contributed by atoms with E-state index in [9.17, 15) is 4.79 Å². The predicted octanol–water partition coefficient (Wildman–Crippen LogP) is 1.64. The Hall–Kier alpha value is -0.770. The van der Waals surface area contributed by atoms with Crippen LogP contribution in [-0.4, -0.2) is 25.3 Å². The van der Waals surface area contributed by atoms with Crippen LogP contribution in [0.25, 0.3) is 0 Å². The monoisotopic (exact) mass is 214 g/mol. The maximum absolute atomic E-state index is 10.3. The van der Waals surface area contributed by atoms with Gasteiger partial charge in [0.2, 0.25) is 0 Å². The minimum atomic E-state index is -0.688. The summed E-state index contributed by atoms with van der Waals surface area (Å²) in [6, 6.07) is 0.597. The topological polar surface area (TPSA) is 64.3 Å². The van der Waals surface area contributed by atoms with Crippen molar-refractivity contribution in [3.8, 4) is 0 Å². The minimum absolute atomic E-state index is 0.377. The Kier molecular flexibility index (Phi) is 5.47. The summed E-state index contributed by atoms with van der Waals surface area (Å²) in [5.41, 5.74) is 4.88. The third kappa shape index (κ3) is 4.51. The van der Waals surface area contributed by atoms with Crippen LogP contribution in [0.15, 0.2) is 0 Å². The van der Waals surface area contributed by atoms with Gasteiger partial charge < -0.3 is 15.8 Å². The van der Waals surface area contributed by atoms with Crippen molar-refractivity contribution < 1.29 is 9.53 Å². The zero-order valence-corrected chi connectivity index (χ0v) is 9.50. The maximum Gasteiger partial charge on any atom is 0.404 e. The molecule has 1 amide bonds. The molecule has 2 atom stereocenters. The Morgan fingerprint density at radius 2 is 2.20 bits per heavy atom. The third-order valence-corrected chi connectivity index (χ3v) is 3.19. The molecule has 0 aromatic heterocycles. The zero-order chi connectivity index (χ0) is 11.1. The van der Waals surface area contributed by atoms with Crippen molar-refractivity contribution in [2.75, 3.05) is 13.2 Å². The molecule has 0 saturated heterocycles. The van der Waals surface area contributed by atoms with Gasteiger partial charge in [0.15, 0.2) is 0 Å². The highest BCUT2D eigenvalue weighted by atomic mass is 16.5. The highest BCUT2D eigenvalue weighted by Gasteiger charge is 2.22. The number of nitrogens with two attached hydrogens (primary N) is 1. The number of nitrogens with one attached hydrogen (secondary N) is 1. The second-order valence-electron chi connectivity index (χ2n) is 4.18. The summed E-state index contributed by atoms with van der Waals surface area (Å²) in [6.45, 7) is 3.33. The first-order valence-electron chi connectivity index (χ1n) is 5.89. The maximum atomic E-state index is 10.3. The second kappa shape index (κ2) is 6.67. The van der Waals surface area contributed by atoms with Crippen LogP contribution in [0.3, 0.4) is 0 Å². The van der Waals surface area contributed by atoms with Gasteiger partial charge in [0.05, 0.1) is 0 Å². The molecule has 0 aromatic rings. The fourth-order valence-corrected chi connectivity index (χ4v) is 2.36. The molecule has 0 aromatic carbocycles. The number of rotatable bonds is 5. The SMILES string of the molecule is CCC1CCCCC1NCCOC(N)=O. The van der Waals surface area contributed by atoms with Gasteiger partial charge in [-0.05, 0) is 18.8 Å². The quantitative estimate of drug-likeness (QED) is 0.684. The predicted molar refractivity (Wildman–Crippen MR) is 59.6 cm³/mol. The largest absolute Gasteiger partial charge is 0.448 e. The molecule has 3 N–H and O–H groups in total. The van der Waals surface area contributed by atoms with Gasteiger partial charge in [-0.3, -0.25) is 0 Å². The van der Waals surface area contributed by atoms with Gasteiger partial charge in [0, 0.05) is 12.6 Å². The molecular weight excluding hydrogens is 192 g/mol. The lowest BCUT2D eigenvalue weighted by Gasteiger charge is -2.31. The fraction of sp³-hybridized carbons (Fsp3) is 0.909. The number of carbonyl (C=O) groups excluding carboxylic acids is 1. The van der Waals surface area contributed by atoms with Gasteiger partial charge in [0.25, 0.3) is 0 Å². The van der Waals surface area contributed by atoms with E-state index >= 15 is 0 Å². The second-order valence-corrected chi connectivity index (χ2v) is 4.18. The van der Waals surface area contributed by atoms with Crippen molar-refractivity contribution in [1.82, 2.24) is 5.32 Å². The van der Waals surface area contributed by atoms with Crippen LogP contribution in [0.2, 0.25) is 0 Å². The van der Waals surface area contributed by atoms with Crippen LogP contribution in [0.4, 0.5) is 4.79 Å². The molecule has 1 rings (SSSR count). The fourth-order valence-electron chi connectivity index (χ4n) is 2.36. The van der Waals surface area contributed by atoms with E-state index in [1.807, 2.05) is 0 Å². The summed E-state index contributed by atoms with van der Waals surface area (Å²) in [4.78, 5) is 10.3. The van der Waals surface area contributed by atoms with Crippen molar-refractivity contribution in [3.63, 3.8) is 0 Å². The molecule has 1 fully saturated rings. The first-order valence-corrected chi connectivity index (χ1v) is 5.89. The summed E-state index contributed by atoms with van der Waals surface area (Å²) in [7, 11) is 0. The van der Waals surface area contributed by atoms with E-state index in [2.05, 4.69) is 17.0 Å². The normalized spacial score (nSPS) is 26.2. The lowest BCUT2D eigenvalue weighted by Crippen LogP contribution is -2.40. The molecule has 2 unspecified atom stereocenters.